The van der Waals surface area contributed by atoms with Crippen LogP contribution in [0.4, 0.5) is 5.82 Å². The maximum absolute atomic E-state index is 10.9. The molecular formula is C21H36N3O5P. The van der Waals surface area contributed by atoms with Crippen molar-refractivity contribution >= 4 is 25.0 Å². The lowest BCUT2D eigenvalue weighted by Crippen LogP contribution is -2.32. The van der Waals surface area contributed by atoms with Crippen molar-refractivity contribution < 1.29 is 24.9 Å². The summed E-state index contributed by atoms with van der Waals surface area (Å²) in [6, 6.07) is 3.26. The molecule has 0 amide bonds. The first kappa shape index (κ1) is 24.7. The number of nitrogens with zero attached hydrogens (tertiary/aromatic N) is 1. The standard InChI is InChI=1S/C21H36N3O5P/c1-14(21(27)28)7-5-6-10-23-17-13-15(22)8-11-24(17)20-19(26)18(25)16(29-20)9-12-30(2,3)4/h8,11,13-14,16,18-20,22-23,25-26H,2,5-7,9-10,12H2,1,3-4H3,(H,27,28)/t14?,16-,18-,19-,20-/m1/s1. The van der Waals surface area contributed by atoms with Crippen LogP contribution in [0.3, 0.4) is 0 Å². The number of nitrogens with one attached hydrogen (secondary N) is 2. The molecule has 0 radical (unpaired) electrons. The van der Waals surface area contributed by atoms with Crippen molar-refractivity contribution in [1.29, 1.82) is 5.41 Å². The molecule has 9 heteroatoms. The smallest absolute Gasteiger partial charge is 0.306 e. The summed E-state index contributed by atoms with van der Waals surface area (Å²) >= 11 is 0. The number of hydrogen-bond acceptors (Lipinski definition) is 6. The molecule has 2 rings (SSSR count). The Hall–Kier alpha value is -1.60. The fourth-order valence-electron chi connectivity index (χ4n) is 3.46. The monoisotopic (exact) mass is 441 g/mol. The molecule has 170 valence electrons. The molecule has 1 saturated heterocycles. The molecule has 5 atom stereocenters. The second kappa shape index (κ2) is 10.6. The number of unbranched alkanes of at least 4 members (excludes halogenated alkanes) is 1. The molecule has 30 heavy (non-hydrogen) atoms. The highest BCUT2D eigenvalue weighted by Gasteiger charge is 2.43. The highest BCUT2D eigenvalue weighted by atomic mass is 31.2. The lowest BCUT2D eigenvalue weighted by molar-refractivity contribution is -0.141. The number of carboxylic acids is 1. The Morgan fingerprint density at radius 2 is 2.07 bits per heavy atom. The normalized spacial score (nSPS) is 25.2. The number of aromatic nitrogens is 1. The average molecular weight is 442 g/mol. The van der Waals surface area contributed by atoms with Crippen LogP contribution in [0.2, 0.25) is 0 Å². The molecule has 1 aromatic rings. The van der Waals surface area contributed by atoms with Crippen molar-refractivity contribution in [2.75, 3.05) is 31.4 Å². The number of aliphatic carboxylic acids is 1. The van der Waals surface area contributed by atoms with Gasteiger partial charge in [0, 0.05) is 18.8 Å². The van der Waals surface area contributed by atoms with Gasteiger partial charge in [0.25, 0.3) is 0 Å². The minimum absolute atomic E-state index is 0.321. The predicted octanol–water partition coefficient (Wildman–Crippen LogP) is 1.99. The number of anilines is 1. The van der Waals surface area contributed by atoms with Crippen LogP contribution in [-0.4, -0.2) is 76.5 Å². The number of carboxylic acid groups (broad SMARTS) is 1. The van der Waals surface area contributed by atoms with Crippen molar-refractivity contribution in [1.82, 2.24) is 4.57 Å². The average Bonchev–Trinajstić information content (AvgIpc) is 2.93. The van der Waals surface area contributed by atoms with Crippen LogP contribution in [0, 0.1) is 11.3 Å². The highest BCUT2D eigenvalue weighted by Crippen LogP contribution is 2.39. The van der Waals surface area contributed by atoms with E-state index in [1.807, 2.05) is 0 Å². The van der Waals surface area contributed by atoms with E-state index in [1.165, 1.54) is 0 Å². The second-order valence-electron chi connectivity index (χ2n) is 8.86. The Bertz CT molecular complexity index is 821. The van der Waals surface area contributed by atoms with E-state index in [0.717, 1.165) is 19.0 Å². The molecule has 1 unspecified atom stereocenters. The highest BCUT2D eigenvalue weighted by molar-refractivity contribution is 7.72. The van der Waals surface area contributed by atoms with Crippen molar-refractivity contribution in [3.05, 3.63) is 23.7 Å². The van der Waals surface area contributed by atoms with E-state index in [1.54, 1.807) is 29.8 Å². The summed E-state index contributed by atoms with van der Waals surface area (Å²) < 4.78 is 7.74. The van der Waals surface area contributed by atoms with Gasteiger partial charge in [-0.25, -0.2) is 0 Å². The zero-order chi connectivity index (χ0) is 22.5. The van der Waals surface area contributed by atoms with Gasteiger partial charge < -0.3 is 35.3 Å². The summed E-state index contributed by atoms with van der Waals surface area (Å²) in [5, 5.41) is 41.5. The Kier molecular flexibility index (Phi) is 8.73. The summed E-state index contributed by atoms with van der Waals surface area (Å²) in [7, 11) is 0. The number of pyridine rings is 1. The minimum Gasteiger partial charge on any atom is -0.481 e. The van der Waals surface area contributed by atoms with Crippen LogP contribution in [0.5, 0.6) is 0 Å². The van der Waals surface area contributed by atoms with E-state index < -0.39 is 37.4 Å². The van der Waals surface area contributed by atoms with Crippen molar-refractivity contribution in [2.24, 2.45) is 5.92 Å². The number of ether oxygens (including phenoxy) is 1. The lowest BCUT2D eigenvalue weighted by Gasteiger charge is -2.23. The SMILES string of the molecule is C=P(C)(C)CC[C@H]1O[C@@H](n2ccc(=N)cc2NCCCCC(C)C(=O)O)[C@H](O)[C@@H]1O. The fourth-order valence-corrected chi connectivity index (χ4v) is 4.42. The van der Waals surface area contributed by atoms with Gasteiger partial charge >= 0.3 is 5.97 Å². The van der Waals surface area contributed by atoms with Gasteiger partial charge in [0.15, 0.2) is 6.23 Å². The van der Waals surface area contributed by atoms with E-state index in [4.69, 9.17) is 15.3 Å². The molecule has 1 aliphatic heterocycles. The molecule has 0 aromatic carbocycles. The van der Waals surface area contributed by atoms with Crippen LogP contribution in [0.25, 0.3) is 0 Å². The maximum Gasteiger partial charge on any atom is 0.306 e. The van der Waals surface area contributed by atoms with E-state index in [-0.39, 0.29) is 5.92 Å². The third-order valence-corrected chi connectivity index (χ3v) is 6.88. The van der Waals surface area contributed by atoms with Gasteiger partial charge in [-0.05, 0) is 44.8 Å². The van der Waals surface area contributed by atoms with Gasteiger partial charge in [0.05, 0.1) is 17.4 Å². The second-order valence-corrected chi connectivity index (χ2v) is 13.2. The topological polar surface area (TPSA) is 128 Å². The Morgan fingerprint density at radius 1 is 1.37 bits per heavy atom. The molecule has 1 aliphatic rings. The molecule has 0 spiro atoms. The minimum atomic E-state index is -1.26. The molecule has 0 bridgehead atoms. The Labute approximate surface area is 178 Å². The predicted molar refractivity (Wildman–Crippen MR) is 121 cm³/mol. The number of aliphatic hydroxyl groups is 2. The third-order valence-electron chi connectivity index (χ3n) is 5.41. The first-order valence-corrected chi connectivity index (χ1v) is 13.5. The molecular weight excluding hydrogens is 405 g/mol. The number of hydrogen-bond donors (Lipinski definition) is 5. The Morgan fingerprint density at radius 3 is 2.70 bits per heavy atom. The third kappa shape index (κ3) is 6.98. The van der Waals surface area contributed by atoms with Gasteiger partial charge in [-0.1, -0.05) is 13.3 Å². The van der Waals surface area contributed by atoms with E-state index in [0.29, 0.717) is 30.6 Å². The van der Waals surface area contributed by atoms with Crippen molar-refractivity contribution in [2.45, 2.75) is 57.1 Å². The number of carbonyl (C=O) groups is 1. The van der Waals surface area contributed by atoms with E-state index >= 15 is 0 Å². The van der Waals surface area contributed by atoms with Crippen LogP contribution < -0.4 is 10.7 Å². The Balaban J connectivity index is 2.02. The van der Waals surface area contributed by atoms with Gasteiger partial charge in [0.1, 0.15) is 18.0 Å². The maximum atomic E-state index is 10.9. The molecule has 1 fully saturated rings. The zero-order valence-corrected chi connectivity index (χ0v) is 19.0. The van der Waals surface area contributed by atoms with Gasteiger partial charge in [-0.3, -0.25) is 4.79 Å². The van der Waals surface area contributed by atoms with E-state index in [2.05, 4.69) is 24.9 Å². The van der Waals surface area contributed by atoms with Crippen LogP contribution in [0.15, 0.2) is 18.3 Å². The largest absolute Gasteiger partial charge is 0.481 e. The summed E-state index contributed by atoms with van der Waals surface area (Å²) in [6.07, 6.45) is 6.28. The lowest BCUT2D eigenvalue weighted by atomic mass is 10.0. The van der Waals surface area contributed by atoms with Crippen LogP contribution >= 0.6 is 6.89 Å². The fraction of sp³-hybridized carbons (Fsp3) is 0.667. The van der Waals surface area contributed by atoms with Crippen LogP contribution in [0.1, 0.15) is 38.8 Å². The van der Waals surface area contributed by atoms with Gasteiger partial charge in [-0.2, -0.15) is 0 Å². The van der Waals surface area contributed by atoms with Crippen LogP contribution in [-0.2, 0) is 9.53 Å². The van der Waals surface area contributed by atoms with Crippen molar-refractivity contribution in [3.63, 3.8) is 0 Å². The summed E-state index contributed by atoms with van der Waals surface area (Å²) in [4.78, 5) is 10.9. The van der Waals surface area contributed by atoms with E-state index in [9.17, 15) is 15.0 Å². The summed E-state index contributed by atoms with van der Waals surface area (Å²) in [5.74, 6) is -0.527. The van der Waals surface area contributed by atoms with Gasteiger partial charge in [-0.15, -0.1) is 13.2 Å². The number of rotatable bonds is 11. The van der Waals surface area contributed by atoms with Crippen molar-refractivity contribution in [3.8, 4) is 0 Å². The first-order valence-electron chi connectivity index (χ1n) is 10.4. The number of aliphatic hydroxyl groups excluding tert-OH is 2. The summed E-state index contributed by atoms with van der Waals surface area (Å²) in [6.45, 7) is 5.30. The molecule has 0 saturated carbocycles. The molecule has 2 heterocycles. The molecule has 5 N–H and O–H groups in total. The quantitative estimate of drug-likeness (QED) is 0.264. The molecule has 8 nitrogen and oxygen atoms in total. The van der Waals surface area contributed by atoms with Gasteiger partial charge in [0.2, 0.25) is 0 Å². The summed E-state index contributed by atoms with van der Waals surface area (Å²) in [5.41, 5.74) is 0. The first-order chi connectivity index (χ1) is 14.0. The molecule has 0 aliphatic carbocycles. The molecule has 1 aromatic heterocycles. The zero-order valence-electron chi connectivity index (χ0n) is 18.1.